The van der Waals surface area contributed by atoms with Crippen LogP contribution in [0.15, 0.2) is 0 Å². The van der Waals surface area contributed by atoms with E-state index in [1.165, 1.54) is 25.7 Å². The van der Waals surface area contributed by atoms with E-state index in [9.17, 15) is 4.79 Å². The second kappa shape index (κ2) is 6.43. The molecule has 56 valence electrons. The fourth-order valence-electron chi connectivity index (χ4n) is 1.37. The maximum absolute atomic E-state index is 10.1. The van der Waals surface area contributed by atoms with Crippen molar-refractivity contribution in [2.45, 2.75) is 32.1 Å². The second-order valence-corrected chi connectivity index (χ2v) is 2.72. The average molecular weight is 363 g/mol. The zero-order valence-corrected chi connectivity index (χ0v) is 10.3. The summed E-state index contributed by atoms with van der Waals surface area (Å²) in [5.74, 6) is 0.677. The van der Waals surface area contributed by atoms with Crippen LogP contribution in [0.4, 0.5) is 0 Å². The minimum atomic E-state index is 0. The van der Waals surface area contributed by atoms with Crippen molar-refractivity contribution in [2.75, 3.05) is 0 Å². The third-order valence-corrected chi connectivity index (χ3v) is 1.95. The molecule has 0 saturated heterocycles. The van der Waals surface area contributed by atoms with Crippen molar-refractivity contribution in [1.82, 2.24) is 0 Å². The first-order valence-electron chi connectivity index (χ1n) is 3.69. The molecule has 1 rings (SSSR count). The van der Waals surface area contributed by atoms with Crippen LogP contribution in [0.25, 0.3) is 0 Å². The van der Waals surface area contributed by atoms with Gasteiger partial charge < -0.3 is 11.2 Å². The number of hydrogen-bond donors (Lipinski definition) is 0. The molecule has 0 heterocycles. The first-order chi connectivity index (χ1) is 4.43. The Hall–Kier alpha value is 0.722. The normalized spacial score (nSPS) is 25.0. The number of carbonyl (C=O) groups excluding carboxylic acids is 1. The van der Waals surface area contributed by atoms with Crippen molar-refractivity contribution in [1.29, 1.82) is 0 Å². The van der Waals surface area contributed by atoms with Gasteiger partial charge in [-0.25, -0.2) is 0 Å². The number of aldehydes is 1. The molecule has 0 aromatic rings. The van der Waals surface area contributed by atoms with E-state index < -0.39 is 0 Å². The van der Waals surface area contributed by atoms with Gasteiger partial charge >= 0.3 is 0 Å². The fourth-order valence-corrected chi connectivity index (χ4v) is 1.37. The van der Waals surface area contributed by atoms with Crippen LogP contribution in [0.3, 0.4) is 0 Å². The predicted octanol–water partition coefficient (Wildman–Crippen LogP) is 1.97. The van der Waals surface area contributed by atoms with E-state index in [4.69, 9.17) is 0 Å². The van der Waals surface area contributed by atoms with Crippen LogP contribution in [0.5, 0.6) is 0 Å². The van der Waals surface area contributed by atoms with E-state index in [0.717, 1.165) is 12.7 Å². The Kier molecular flexibility index (Phi) is 6.90. The molecule has 2 heteroatoms. The Morgan fingerprint density at radius 3 is 2.90 bits per heavy atom. The summed E-state index contributed by atoms with van der Waals surface area (Å²) in [6.45, 7) is 0. The predicted molar refractivity (Wildman–Crippen MR) is 36.9 cm³/mol. The molecule has 1 fully saturated rings. The van der Waals surface area contributed by atoms with Gasteiger partial charge in [-0.15, -0.1) is 0 Å². The van der Waals surface area contributed by atoms with Gasteiger partial charge in [-0.05, 0) is 0 Å². The average Bonchev–Trinajstić information content (AvgIpc) is 1.91. The van der Waals surface area contributed by atoms with E-state index in [1.807, 2.05) is 0 Å². The number of hydrogen-bond acceptors (Lipinski definition) is 1. The summed E-state index contributed by atoms with van der Waals surface area (Å²) in [6.07, 6.45) is 9.10. The molecule has 0 aliphatic heterocycles. The van der Waals surface area contributed by atoms with E-state index in [0.29, 0.717) is 5.92 Å². The van der Waals surface area contributed by atoms with Crippen LogP contribution in [0.1, 0.15) is 32.1 Å². The largest absolute Gasteiger partial charge is 0.328 e. The van der Waals surface area contributed by atoms with Gasteiger partial charge in [-0.1, -0.05) is 18.8 Å². The summed E-state index contributed by atoms with van der Waals surface area (Å²) in [7, 11) is 0. The van der Waals surface area contributed by atoms with E-state index in [2.05, 4.69) is 6.42 Å². The van der Waals surface area contributed by atoms with Gasteiger partial charge in [-0.2, -0.15) is 12.8 Å². The van der Waals surface area contributed by atoms with Crippen molar-refractivity contribution in [3.05, 3.63) is 6.42 Å². The Morgan fingerprint density at radius 1 is 1.60 bits per heavy atom. The maximum atomic E-state index is 10.1. The van der Waals surface area contributed by atoms with Crippen molar-refractivity contribution < 1.29 is 35.9 Å². The quantitative estimate of drug-likeness (QED) is 0.542. The number of carbonyl (C=O) groups is 1. The molecule has 0 spiro atoms. The number of rotatable bonds is 2. The third kappa shape index (κ3) is 3.79. The van der Waals surface area contributed by atoms with Crippen molar-refractivity contribution in [2.24, 2.45) is 5.92 Å². The molecule has 1 aliphatic rings. The SMILES string of the molecule is O=CCC1C[CH-]CCC1.[U]. The third-order valence-electron chi connectivity index (χ3n) is 1.95. The van der Waals surface area contributed by atoms with Crippen molar-refractivity contribution in [3.8, 4) is 0 Å². The summed E-state index contributed by atoms with van der Waals surface area (Å²) in [5, 5.41) is 0. The molecule has 1 nitrogen and oxygen atoms in total. The standard InChI is InChI=1S/C8H13O.U/c9-7-6-8-4-2-1-3-5-8;/h2,7-8H,1,3-6H2;/q-1;. The molecule has 1 atom stereocenters. The fraction of sp³-hybridized carbons (Fsp3) is 0.750. The molecular weight excluding hydrogens is 350 g/mol. The van der Waals surface area contributed by atoms with Crippen LogP contribution in [-0.2, 0) is 4.79 Å². The zero-order valence-electron chi connectivity index (χ0n) is 6.18. The van der Waals surface area contributed by atoms with Crippen LogP contribution < -0.4 is 0 Å². The zero-order chi connectivity index (χ0) is 6.53. The Labute approximate surface area is 86.3 Å². The monoisotopic (exact) mass is 363 g/mol. The van der Waals surface area contributed by atoms with E-state index in [1.54, 1.807) is 0 Å². The van der Waals surface area contributed by atoms with Crippen LogP contribution in [0, 0.1) is 43.5 Å². The molecule has 1 saturated carbocycles. The molecule has 1 unspecified atom stereocenters. The molecular formula is C8H13OU-. The van der Waals surface area contributed by atoms with Crippen LogP contribution in [0.2, 0.25) is 0 Å². The van der Waals surface area contributed by atoms with Gasteiger partial charge in [0, 0.05) is 37.5 Å². The van der Waals surface area contributed by atoms with Gasteiger partial charge in [-0.3, -0.25) is 0 Å². The van der Waals surface area contributed by atoms with Gasteiger partial charge in [0.2, 0.25) is 0 Å². The molecule has 0 N–H and O–H groups in total. The smallest absolute Gasteiger partial charge is 0.120 e. The molecule has 0 aromatic carbocycles. The van der Waals surface area contributed by atoms with Crippen molar-refractivity contribution in [3.63, 3.8) is 0 Å². The minimum Gasteiger partial charge on any atom is -0.328 e. The van der Waals surface area contributed by atoms with Crippen LogP contribution in [-0.4, -0.2) is 6.29 Å². The minimum absolute atomic E-state index is 0. The Bertz CT molecular complexity index is 87.3. The summed E-state index contributed by atoms with van der Waals surface area (Å²) in [6, 6.07) is 0. The van der Waals surface area contributed by atoms with Gasteiger partial charge in [0.1, 0.15) is 6.29 Å². The summed E-state index contributed by atoms with van der Waals surface area (Å²) in [4.78, 5) is 10.1. The molecule has 1 aliphatic carbocycles. The second-order valence-electron chi connectivity index (χ2n) is 2.72. The first-order valence-corrected chi connectivity index (χ1v) is 3.69. The van der Waals surface area contributed by atoms with Gasteiger partial charge in [0.25, 0.3) is 0 Å². The summed E-state index contributed by atoms with van der Waals surface area (Å²) in [5.41, 5.74) is 0. The maximum Gasteiger partial charge on any atom is 0.120 e. The topological polar surface area (TPSA) is 17.1 Å². The van der Waals surface area contributed by atoms with E-state index >= 15 is 0 Å². The molecule has 10 heavy (non-hydrogen) atoms. The van der Waals surface area contributed by atoms with Gasteiger partial charge in [0.15, 0.2) is 0 Å². The molecule has 0 bridgehead atoms. The Morgan fingerprint density at radius 2 is 2.40 bits per heavy atom. The summed E-state index contributed by atoms with van der Waals surface area (Å²) >= 11 is 0. The summed E-state index contributed by atoms with van der Waals surface area (Å²) < 4.78 is 0. The first kappa shape index (κ1) is 10.7. The van der Waals surface area contributed by atoms with Crippen LogP contribution >= 0.6 is 0 Å². The molecule has 0 amide bonds. The molecule has 0 radical (unpaired) electrons. The van der Waals surface area contributed by atoms with Crippen molar-refractivity contribution >= 4 is 6.29 Å². The Balaban J connectivity index is 0.000000810. The van der Waals surface area contributed by atoms with Gasteiger partial charge in [0.05, 0.1) is 0 Å². The van der Waals surface area contributed by atoms with E-state index in [-0.39, 0.29) is 31.1 Å². The molecule has 0 aromatic heterocycles.